The number of nitrogens with one attached hydrogen (secondary N) is 1. The first-order valence-electron chi connectivity index (χ1n) is 1.60. The third kappa shape index (κ3) is 3.92. The average molecular weight is 74.1 g/mol. The quantitative estimate of drug-likeness (QED) is 0.454. The van der Waals surface area contributed by atoms with Gasteiger partial charge in [0.05, 0.1) is 6.10 Å². The van der Waals surface area contributed by atoms with Gasteiger partial charge in [-0.25, -0.2) is 0 Å². The number of rotatable bonds is 1. The van der Waals surface area contributed by atoms with Crippen molar-refractivity contribution in [3.05, 3.63) is 0 Å². The van der Waals surface area contributed by atoms with Gasteiger partial charge < -0.3 is 5.11 Å². The maximum atomic E-state index is 8.17. The molecule has 0 fully saturated rings. The second-order valence-corrected chi connectivity index (χ2v) is 1.05. The van der Waals surface area contributed by atoms with E-state index in [0.717, 1.165) is 0 Å². The van der Waals surface area contributed by atoms with Crippen LogP contribution in [0.15, 0.2) is 0 Å². The zero-order chi connectivity index (χ0) is 4.28. The summed E-state index contributed by atoms with van der Waals surface area (Å²) in [7, 11) is 0. The topological polar surface area (TPSA) is 44.0 Å². The Balaban J connectivity index is 2.54. The van der Waals surface area contributed by atoms with E-state index in [1.807, 2.05) is 0 Å². The molecule has 2 nitrogen and oxygen atoms in total. The molecule has 2 N–H and O–H groups in total. The fraction of sp³-hybridized carbons (Fsp3) is 1.00. The molecule has 31 valence electrons. The predicted octanol–water partition coefficient (Wildman–Crippen LogP) is -0.350. The molecule has 0 saturated carbocycles. The second kappa shape index (κ2) is 2.18. The normalized spacial score (nSPS) is 15.0. The Hall–Kier alpha value is -0.0800. The van der Waals surface area contributed by atoms with E-state index in [2.05, 4.69) is 0 Å². The maximum Gasteiger partial charge on any atom is 0.0650 e. The Labute approximate surface area is 31.6 Å². The van der Waals surface area contributed by atoms with Crippen molar-refractivity contribution in [1.82, 2.24) is 5.73 Å². The van der Waals surface area contributed by atoms with Crippen LogP contribution < -0.4 is 5.73 Å². The third-order valence-corrected chi connectivity index (χ3v) is 0.295. The van der Waals surface area contributed by atoms with E-state index < -0.39 is 6.10 Å². The molecule has 0 aromatic rings. The van der Waals surface area contributed by atoms with E-state index in [1.165, 1.54) is 0 Å². The molecule has 0 heterocycles. The van der Waals surface area contributed by atoms with Crippen LogP contribution in [0.1, 0.15) is 6.92 Å². The minimum atomic E-state index is -0.449. The Morgan fingerprint density at radius 3 is 2.20 bits per heavy atom. The van der Waals surface area contributed by atoms with E-state index >= 15 is 0 Å². The largest absolute Gasteiger partial charge is 0.392 e. The number of aliphatic hydroxyl groups excluding tert-OH is 1. The monoisotopic (exact) mass is 74.1 g/mol. The summed E-state index contributed by atoms with van der Waals surface area (Å²) >= 11 is 0. The van der Waals surface area contributed by atoms with Crippen molar-refractivity contribution >= 4 is 0 Å². The van der Waals surface area contributed by atoms with Crippen molar-refractivity contribution in [2.45, 2.75) is 13.0 Å². The van der Waals surface area contributed by atoms with Gasteiger partial charge in [-0.2, -0.15) is 0 Å². The zero-order valence-electron chi connectivity index (χ0n) is 3.23. The van der Waals surface area contributed by atoms with Crippen LogP contribution in [0.2, 0.25) is 0 Å². The fourth-order valence-electron chi connectivity index (χ4n) is 0. The zero-order valence-corrected chi connectivity index (χ0v) is 3.23. The summed E-state index contributed by atoms with van der Waals surface area (Å²) in [5.41, 5.74) is 6.41. The lowest BCUT2D eigenvalue weighted by atomic mass is 10.4. The predicted molar refractivity (Wildman–Crippen MR) is 19.6 cm³/mol. The molecule has 0 aliphatic carbocycles. The SMILES string of the molecule is C[C@H](O)C[NH]. The minimum Gasteiger partial charge on any atom is -0.392 e. The van der Waals surface area contributed by atoms with E-state index in [4.69, 9.17) is 10.8 Å². The first-order valence-corrected chi connectivity index (χ1v) is 1.60. The highest BCUT2D eigenvalue weighted by Gasteiger charge is 1.82. The molecule has 1 atom stereocenters. The van der Waals surface area contributed by atoms with E-state index in [-0.39, 0.29) is 6.54 Å². The van der Waals surface area contributed by atoms with Gasteiger partial charge in [0, 0.05) is 6.54 Å². The molecular formula is C3H8NO. The lowest BCUT2D eigenvalue weighted by molar-refractivity contribution is 0.201. The number of hydrogen-bond acceptors (Lipinski definition) is 1. The third-order valence-electron chi connectivity index (χ3n) is 0.295. The standard InChI is InChI=1S/C3H8NO/c1-3(5)2-4/h3-5H,2H2,1H3/t3-/m0/s1. The van der Waals surface area contributed by atoms with Crippen LogP contribution in [0.25, 0.3) is 0 Å². The van der Waals surface area contributed by atoms with E-state index in [1.54, 1.807) is 6.92 Å². The molecule has 0 aliphatic rings. The molecule has 0 bridgehead atoms. The van der Waals surface area contributed by atoms with Crippen molar-refractivity contribution in [2.24, 2.45) is 0 Å². The summed E-state index contributed by atoms with van der Waals surface area (Å²) in [5, 5.41) is 8.17. The van der Waals surface area contributed by atoms with Crippen LogP contribution >= 0.6 is 0 Å². The second-order valence-electron chi connectivity index (χ2n) is 1.05. The van der Waals surface area contributed by atoms with Gasteiger partial charge in [0.15, 0.2) is 0 Å². The van der Waals surface area contributed by atoms with Crippen LogP contribution in [-0.4, -0.2) is 17.8 Å². The highest BCUT2D eigenvalue weighted by Crippen LogP contribution is 1.67. The number of hydrogen-bond donors (Lipinski definition) is 1. The number of aliphatic hydroxyl groups is 1. The van der Waals surface area contributed by atoms with Crippen LogP contribution in [0.3, 0.4) is 0 Å². The van der Waals surface area contributed by atoms with E-state index in [9.17, 15) is 0 Å². The van der Waals surface area contributed by atoms with Gasteiger partial charge in [-0.1, -0.05) is 0 Å². The van der Waals surface area contributed by atoms with Crippen molar-refractivity contribution in [1.29, 1.82) is 0 Å². The minimum absolute atomic E-state index is 0.111. The molecule has 0 saturated heterocycles. The van der Waals surface area contributed by atoms with E-state index in [0.29, 0.717) is 0 Å². The van der Waals surface area contributed by atoms with Gasteiger partial charge in [0.1, 0.15) is 0 Å². The highest BCUT2D eigenvalue weighted by atomic mass is 16.3. The lowest BCUT2D eigenvalue weighted by Gasteiger charge is -1.89. The molecule has 5 heavy (non-hydrogen) atoms. The van der Waals surface area contributed by atoms with Gasteiger partial charge in [0.2, 0.25) is 0 Å². The summed E-state index contributed by atoms with van der Waals surface area (Å²) in [5.74, 6) is 0. The van der Waals surface area contributed by atoms with Gasteiger partial charge >= 0.3 is 0 Å². The molecule has 0 aliphatic heterocycles. The molecule has 1 radical (unpaired) electrons. The van der Waals surface area contributed by atoms with Crippen molar-refractivity contribution in [3.8, 4) is 0 Å². The van der Waals surface area contributed by atoms with Gasteiger partial charge in [-0.05, 0) is 6.92 Å². The summed E-state index contributed by atoms with van der Waals surface area (Å²) in [6, 6.07) is 0. The molecule has 0 amide bonds. The molecule has 2 heteroatoms. The summed E-state index contributed by atoms with van der Waals surface area (Å²) < 4.78 is 0. The maximum absolute atomic E-state index is 8.17. The van der Waals surface area contributed by atoms with Crippen LogP contribution in [0.4, 0.5) is 0 Å². The highest BCUT2D eigenvalue weighted by molar-refractivity contribution is 4.39. The van der Waals surface area contributed by atoms with Crippen molar-refractivity contribution in [2.75, 3.05) is 6.54 Å². The van der Waals surface area contributed by atoms with Crippen LogP contribution in [0.5, 0.6) is 0 Å². The van der Waals surface area contributed by atoms with Crippen LogP contribution in [-0.2, 0) is 0 Å². The average Bonchev–Trinajstić information content (AvgIpc) is 1.38. The Morgan fingerprint density at radius 1 is 2.00 bits per heavy atom. The van der Waals surface area contributed by atoms with Gasteiger partial charge in [-0.3, -0.25) is 5.73 Å². The fourth-order valence-corrected chi connectivity index (χ4v) is 0. The smallest absolute Gasteiger partial charge is 0.0650 e. The lowest BCUT2D eigenvalue weighted by Crippen LogP contribution is -2.05. The molecule has 0 rings (SSSR count). The molecule has 0 aromatic carbocycles. The Bertz CT molecular complexity index is 20.9. The van der Waals surface area contributed by atoms with Crippen LogP contribution in [0, 0.1) is 0 Å². The molecule has 0 aromatic heterocycles. The molecular weight excluding hydrogens is 66.0 g/mol. The van der Waals surface area contributed by atoms with Crippen molar-refractivity contribution in [3.63, 3.8) is 0 Å². The van der Waals surface area contributed by atoms with Crippen molar-refractivity contribution < 1.29 is 5.11 Å². The molecule has 0 spiro atoms. The summed E-state index contributed by atoms with van der Waals surface area (Å²) in [4.78, 5) is 0. The summed E-state index contributed by atoms with van der Waals surface area (Å²) in [6.45, 7) is 1.70. The Kier molecular flexibility index (Phi) is 2.14. The first kappa shape index (κ1) is 4.92. The summed E-state index contributed by atoms with van der Waals surface area (Å²) in [6.07, 6.45) is -0.449. The van der Waals surface area contributed by atoms with Gasteiger partial charge in [-0.15, -0.1) is 0 Å². The molecule has 0 unspecified atom stereocenters. The Morgan fingerprint density at radius 2 is 2.20 bits per heavy atom. The van der Waals surface area contributed by atoms with Gasteiger partial charge in [0.25, 0.3) is 0 Å². The first-order chi connectivity index (χ1) is 2.27.